The Balaban J connectivity index is 1.00. The molecular weight excluding hydrogens is 648 g/mol. The number of fused-ring (bicyclic) bond motifs is 3. The van der Waals surface area contributed by atoms with Gasteiger partial charge in [0.25, 0.3) is 0 Å². The average Bonchev–Trinajstić information content (AvgIpc) is 3.82. The highest BCUT2D eigenvalue weighted by Gasteiger charge is 2.43. The Morgan fingerprint density at radius 1 is 1.06 bits per heavy atom. The van der Waals surface area contributed by atoms with Gasteiger partial charge in [0.05, 0.1) is 18.5 Å². The van der Waals surface area contributed by atoms with Gasteiger partial charge in [0.1, 0.15) is 12.1 Å². The molecule has 2 aromatic rings. The van der Waals surface area contributed by atoms with E-state index >= 15 is 0 Å². The summed E-state index contributed by atoms with van der Waals surface area (Å²) >= 11 is 6.59. The van der Waals surface area contributed by atoms with Crippen molar-refractivity contribution in [2.75, 3.05) is 50.4 Å². The third kappa shape index (κ3) is 6.81. The zero-order chi connectivity index (χ0) is 33.8. The number of nitrogens with zero attached hydrogens (tertiary/aromatic N) is 6. The molecule has 7 rings (SSSR count). The lowest BCUT2D eigenvalue weighted by Gasteiger charge is -2.42. The van der Waals surface area contributed by atoms with E-state index in [0.717, 1.165) is 87.2 Å². The quantitative estimate of drug-likeness (QED) is 0.313. The molecule has 5 heterocycles. The van der Waals surface area contributed by atoms with Crippen molar-refractivity contribution in [3.8, 4) is 0 Å². The van der Waals surface area contributed by atoms with E-state index < -0.39 is 15.4 Å². The second-order valence-electron chi connectivity index (χ2n) is 15.3. The van der Waals surface area contributed by atoms with Gasteiger partial charge in [0.15, 0.2) is 0 Å². The van der Waals surface area contributed by atoms with Crippen LogP contribution in [0.3, 0.4) is 0 Å². The molecular formula is C36H51ClN6O4S. The number of aryl methyl sites for hydroxylation is 2. The van der Waals surface area contributed by atoms with Crippen molar-refractivity contribution in [1.82, 2.24) is 23.7 Å². The molecule has 1 saturated carbocycles. The van der Waals surface area contributed by atoms with Gasteiger partial charge >= 0.3 is 0 Å². The summed E-state index contributed by atoms with van der Waals surface area (Å²) in [6.07, 6.45) is 12.0. The molecule has 4 fully saturated rings. The van der Waals surface area contributed by atoms with E-state index in [9.17, 15) is 18.0 Å². The number of rotatable bonds is 11. The van der Waals surface area contributed by atoms with Gasteiger partial charge in [0.2, 0.25) is 15.9 Å². The Hall–Kier alpha value is -2.47. The smallest absolute Gasteiger partial charge is 0.226 e. The van der Waals surface area contributed by atoms with Crippen LogP contribution in [0.2, 0.25) is 5.02 Å². The van der Waals surface area contributed by atoms with E-state index in [1.54, 1.807) is 0 Å². The number of amides is 1. The molecule has 3 atom stereocenters. The molecule has 262 valence electrons. The predicted octanol–water partition coefficient (Wildman–Crippen LogP) is 4.75. The Kier molecular flexibility index (Phi) is 9.45. The second-order valence-corrected chi connectivity index (χ2v) is 17.7. The van der Waals surface area contributed by atoms with Gasteiger partial charge in [-0.25, -0.2) is 17.7 Å². The number of benzene rings is 1. The van der Waals surface area contributed by atoms with E-state index in [1.807, 2.05) is 24.0 Å². The van der Waals surface area contributed by atoms with Crippen LogP contribution >= 0.6 is 11.6 Å². The maximum Gasteiger partial charge on any atom is 0.226 e. The summed E-state index contributed by atoms with van der Waals surface area (Å²) in [5.41, 5.74) is 3.89. The molecule has 0 N–H and O–H groups in total. The lowest BCUT2D eigenvalue weighted by Crippen LogP contribution is -2.49. The van der Waals surface area contributed by atoms with Gasteiger partial charge < -0.3 is 19.2 Å². The van der Waals surface area contributed by atoms with Gasteiger partial charge in [-0.15, -0.1) is 0 Å². The summed E-state index contributed by atoms with van der Waals surface area (Å²) in [6.45, 7) is 8.71. The maximum atomic E-state index is 12.7. The van der Waals surface area contributed by atoms with Crippen molar-refractivity contribution >= 4 is 39.5 Å². The van der Waals surface area contributed by atoms with Crippen molar-refractivity contribution in [3.05, 3.63) is 46.0 Å². The minimum absolute atomic E-state index is 0.253. The number of sulfonamides is 1. The minimum Gasteiger partial charge on any atom is -0.370 e. The molecule has 5 aliphatic rings. The fraction of sp³-hybridized carbons (Fsp3) is 0.694. The SMILES string of the molecule is Cc1ccc(N(CCCN2[C@@H]3CC[C@H]2CC(n2c(C)nc4c2CCN(C(=O)C2CC2)C4)C3)CC2(C=O)CCN(S(C)(=O)=O)CC2)cc1Cl. The van der Waals surface area contributed by atoms with Crippen LogP contribution in [0, 0.1) is 25.2 Å². The Morgan fingerprint density at radius 3 is 2.40 bits per heavy atom. The highest BCUT2D eigenvalue weighted by atomic mass is 35.5. The maximum absolute atomic E-state index is 12.7. The van der Waals surface area contributed by atoms with E-state index in [-0.39, 0.29) is 5.92 Å². The highest BCUT2D eigenvalue weighted by Crippen LogP contribution is 2.43. The third-order valence-corrected chi connectivity index (χ3v) is 13.7. The van der Waals surface area contributed by atoms with Crippen LogP contribution in [0.15, 0.2) is 18.2 Å². The summed E-state index contributed by atoms with van der Waals surface area (Å²) in [5, 5.41) is 0.712. The normalized spacial score (nSPS) is 26.0. The molecule has 1 amide bonds. The molecule has 12 heteroatoms. The van der Waals surface area contributed by atoms with Gasteiger partial charge in [-0.2, -0.15) is 0 Å². The number of hydrogen-bond donors (Lipinski definition) is 0. The molecule has 3 saturated heterocycles. The topological polar surface area (TPSA) is 99.1 Å². The number of hydrogen-bond acceptors (Lipinski definition) is 7. The van der Waals surface area contributed by atoms with Crippen LogP contribution in [-0.4, -0.2) is 102 Å². The summed E-state index contributed by atoms with van der Waals surface area (Å²) in [4.78, 5) is 37.4. The molecule has 1 unspecified atom stereocenters. The van der Waals surface area contributed by atoms with E-state index in [2.05, 4.69) is 27.4 Å². The zero-order valence-electron chi connectivity index (χ0n) is 28.7. The van der Waals surface area contributed by atoms with Crippen molar-refractivity contribution < 1.29 is 18.0 Å². The number of piperidine rings is 2. The largest absolute Gasteiger partial charge is 0.370 e. The van der Waals surface area contributed by atoms with Crippen molar-refractivity contribution in [1.29, 1.82) is 0 Å². The lowest BCUT2D eigenvalue weighted by atomic mass is 9.79. The number of imidazole rings is 1. The summed E-state index contributed by atoms with van der Waals surface area (Å²) in [5.74, 6) is 1.67. The lowest BCUT2D eigenvalue weighted by molar-refractivity contribution is -0.133. The fourth-order valence-electron chi connectivity index (χ4n) is 9.10. The highest BCUT2D eigenvalue weighted by molar-refractivity contribution is 7.88. The number of aldehydes is 1. The van der Waals surface area contributed by atoms with Gasteiger partial charge in [-0.1, -0.05) is 17.7 Å². The molecule has 0 spiro atoms. The van der Waals surface area contributed by atoms with Crippen molar-refractivity contribution in [2.24, 2.45) is 11.3 Å². The number of aromatic nitrogens is 2. The standard InChI is InChI=1S/C36H51ClN6O4S/c1-25-5-8-28(21-32(25)37)40(23-36(24-44)12-17-41(18-13-36)48(3,46)47)14-4-15-42-29-9-10-30(42)20-31(19-29)43-26(2)38-33-22-39(16-11-34(33)43)35(45)27-6-7-27/h5,8,21,24,27,29-31H,4,6-7,9-20,22-23H2,1-3H3/t29-,30+,31?. The van der Waals surface area contributed by atoms with Crippen LogP contribution in [-0.2, 0) is 32.6 Å². The van der Waals surface area contributed by atoms with E-state index in [1.165, 1.54) is 29.1 Å². The Morgan fingerprint density at radius 2 is 1.77 bits per heavy atom. The van der Waals surface area contributed by atoms with E-state index in [4.69, 9.17) is 16.6 Å². The van der Waals surface area contributed by atoms with Gasteiger partial charge in [-0.05, 0) is 89.3 Å². The van der Waals surface area contributed by atoms with Crippen LogP contribution in [0.25, 0.3) is 0 Å². The molecule has 0 radical (unpaired) electrons. The predicted molar refractivity (Wildman–Crippen MR) is 188 cm³/mol. The molecule has 10 nitrogen and oxygen atoms in total. The van der Waals surface area contributed by atoms with Crippen LogP contribution in [0.1, 0.15) is 86.6 Å². The van der Waals surface area contributed by atoms with Crippen LogP contribution < -0.4 is 4.90 Å². The first-order valence-corrected chi connectivity index (χ1v) is 20.2. The molecule has 1 aromatic carbocycles. The minimum atomic E-state index is -3.28. The Bertz CT molecular complexity index is 1640. The molecule has 2 bridgehead atoms. The number of halogens is 1. The number of carbonyl (C=O) groups is 2. The average molecular weight is 699 g/mol. The molecule has 1 aromatic heterocycles. The second kappa shape index (κ2) is 13.3. The van der Waals surface area contributed by atoms with Crippen molar-refractivity contribution in [2.45, 2.75) is 103 Å². The zero-order valence-corrected chi connectivity index (χ0v) is 30.3. The summed E-state index contributed by atoms with van der Waals surface area (Å²) < 4.78 is 28.4. The third-order valence-electron chi connectivity index (χ3n) is 12.0. The molecule has 4 aliphatic heterocycles. The van der Waals surface area contributed by atoms with E-state index in [0.29, 0.717) is 68.1 Å². The molecule has 48 heavy (non-hydrogen) atoms. The molecule has 1 aliphatic carbocycles. The summed E-state index contributed by atoms with van der Waals surface area (Å²) in [7, 11) is -3.28. The van der Waals surface area contributed by atoms with Crippen LogP contribution in [0.4, 0.5) is 5.69 Å². The summed E-state index contributed by atoms with van der Waals surface area (Å²) in [6, 6.07) is 7.69. The number of carbonyl (C=O) groups excluding carboxylic acids is 2. The first-order chi connectivity index (χ1) is 22.9. The first kappa shape index (κ1) is 34.0. The Labute approximate surface area is 290 Å². The van der Waals surface area contributed by atoms with Crippen molar-refractivity contribution in [3.63, 3.8) is 0 Å². The van der Waals surface area contributed by atoms with Gasteiger partial charge in [-0.3, -0.25) is 9.69 Å². The monoisotopic (exact) mass is 698 g/mol. The van der Waals surface area contributed by atoms with Gasteiger partial charge in [0, 0.05) is 91.6 Å². The van der Waals surface area contributed by atoms with Crippen LogP contribution in [0.5, 0.6) is 0 Å². The fourth-order valence-corrected chi connectivity index (χ4v) is 10.1. The first-order valence-electron chi connectivity index (χ1n) is 18.0. The number of anilines is 1.